The topological polar surface area (TPSA) is 67.8 Å². The molecule has 3 rings (SSSR count). The summed E-state index contributed by atoms with van der Waals surface area (Å²) in [5.41, 5.74) is 2.36. The van der Waals surface area contributed by atoms with Gasteiger partial charge in [0.25, 0.3) is 5.91 Å². The second-order valence-corrected chi connectivity index (χ2v) is 6.10. The van der Waals surface area contributed by atoms with Crippen molar-refractivity contribution in [1.82, 2.24) is 14.9 Å². The van der Waals surface area contributed by atoms with Crippen LogP contribution in [0.3, 0.4) is 0 Å². The lowest BCUT2D eigenvalue weighted by molar-refractivity contribution is 0.0741. The molecule has 1 aliphatic heterocycles. The molecule has 7 heteroatoms. The first kappa shape index (κ1) is 18.0. The molecule has 26 heavy (non-hydrogen) atoms. The van der Waals surface area contributed by atoms with Gasteiger partial charge in [-0.25, -0.2) is 4.98 Å². The predicted octanol–water partition coefficient (Wildman–Crippen LogP) is 2.15. The minimum Gasteiger partial charge on any atom is -0.495 e. The fourth-order valence-electron chi connectivity index (χ4n) is 2.97. The van der Waals surface area contributed by atoms with Crippen LogP contribution in [0.1, 0.15) is 23.0 Å². The molecule has 0 radical (unpaired) electrons. The number of amides is 1. The van der Waals surface area contributed by atoms with Gasteiger partial charge >= 0.3 is 0 Å². The fourth-order valence-corrected chi connectivity index (χ4v) is 2.97. The van der Waals surface area contributed by atoms with Crippen molar-refractivity contribution in [1.29, 1.82) is 0 Å². The quantitative estimate of drug-likeness (QED) is 0.818. The Hall–Kier alpha value is -2.83. The zero-order chi connectivity index (χ0) is 18.5. The molecule has 0 N–H and O–H groups in total. The van der Waals surface area contributed by atoms with Gasteiger partial charge in [-0.15, -0.1) is 0 Å². The molecule has 0 bridgehead atoms. The van der Waals surface area contributed by atoms with Crippen LogP contribution in [0.5, 0.6) is 11.6 Å². The number of hydrogen-bond acceptors (Lipinski definition) is 6. The molecule has 1 saturated heterocycles. The smallest absolute Gasteiger partial charge is 0.259 e. The molecular weight excluding hydrogens is 332 g/mol. The van der Waals surface area contributed by atoms with Crippen LogP contribution in [0.25, 0.3) is 0 Å². The summed E-state index contributed by atoms with van der Waals surface area (Å²) in [5, 5.41) is 0. The van der Waals surface area contributed by atoms with Crippen molar-refractivity contribution in [3.05, 3.63) is 41.9 Å². The Morgan fingerprint density at radius 3 is 2.65 bits per heavy atom. The van der Waals surface area contributed by atoms with Gasteiger partial charge in [-0.05, 0) is 26.0 Å². The lowest BCUT2D eigenvalue weighted by Crippen LogP contribution is -2.49. The van der Waals surface area contributed by atoms with Gasteiger partial charge in [0.15, 0.2) is 0 Å². The molecule has 0 atom stereocenters. The lowest BCUT2D eigenvalue weighted by atomic mass is 10.2. The number of methoxy groups -OCH3 is 1. The summed E-state index contributed by atoms with van der Waals surface area (Å²) in [5.74, 6) is 1.11. The molecular formula is C19H24N4O3. The zero-order valence-electron chi connectivity index (χ0n) is 15.4. The van der Waals surface area contributed by atoms with E-state index >= 15 is 0 Å². The fraction of sp³-hybridized carbons (Fsp3) is 0.421. The van der Waals surface area contributed by atoms with Crippen LogP contribution in [0, 0.1) is 6.92 Å². The summed E-state index contributed by atoms with van der Waals surface area (Å²) >= 11 is 0. The highest BCUT2D eigenvalue weighted by Crippen LogP contribution is 2.23. The van der Waals surface area contributed by atoms with Gasteiger partial charge in [0, 0.05) is 37.9 Å². The standard InChI is InChI=1S/C19H24N4O3/c1-4-26-18-17(6-5-14(2)21-18)19(24)23-9-7-22(8-10-23)15-11-16(25-3)13-20-12-15/h5-6,11-13H,4,7-10H2,1-3H3. The summed E-state index contributed by atoms with van der Waals surface area (Å²) in [6, 6.07) is 5.60. The summed E-state index contributed by atoms with van der Waals surface area (Å²) in [6.45, 7) is 7.00. The third-order valence-corrected chi connectivity index (χ3v) is 4.38. The minimum atomic E-state index is -0.0376. The highest BCUT2D eigenvalue weighted by Gasteiger charge is 2.25. The number of rotatable bonds is 5. The maximum atomic E-state index is 12.9. The Labute approximate surface area is 153 Å². The number of aryl methyl sites for hydroxylation is 1. The Kier molecular flexibility index (Phi) is 5.55. The summed E-state index contributed by atoms with van der Waals surface area (Å²) in [6.07, 6.45) is 3.50. The van der Waals surface area contributed by atoms with Gasteiger partial charge in [0.05, 0.1) is 31.8 Å². The van der Waals surface area contributed by atoms with Crippen LogP contribution in [-0.2, 0) is 0 Å². The molecule has 2 aromatic heterocycles. The number of carbonyl (C=O) groups excluding carboxylic acids is 1. The second-order valence-electron chi connectivity index (χ2n) is 6.10. The molecule has 138 valence electrons. The van der Waals surface area contributed by atoms with E-state index in [0.717, 1.165) is 30.2 Å². The number of aromatic nitrogens is 2. The van der Waals surface area contributed by atoms with Crippen LogP contribution < -0.4 is 14.4 Å². The van der Waals surface area contributed by atoms with Gasteiger partial charge in [-0.1, -0.05) is 0 Å². The van der Waals surface area contributed by atoms with Gasteiger partial charge in [-0.2, -0.15) is 0 Å². The molecule has 0 aromatic carbocycles. The van der Waals surface area contributed by atoms with Crippen molar-refractivity contribution < 1.29 is 14.3 Å². The van der Waals surface area contributed by atoms with E-state index in [1.165, 1.54) is 0 Å². The van der Waals surface area contributed by atoms with Crippen molar-refractivity contribution in [2.75, 3.05) is 44.8 Å². The normalized spacial score (nSPS) is 14.3. The summed E-state index contributed by atoms with van der Waals surface area (Å²) in [4.78, 5) is 25.5. The van der Waals surface area contributed by atoms with E-state index in [9.17, 15) is 4.79 Å². The van der Waals surface area contributed by atoms with Crippen molar-refractivity contribution in [3.63, 3.8) is 0 Å². The van der Waals surface area contributed by atoms with Gasteiger partial charge < -0.3 is 19.3 Å². The minimum absolute atomic E-state index is 0.0376. The Bertz CT molecular complexity index is 773. The first-order valence-corrected chi connectivity index (χ1v) is 8.76. The van der Waals surface area contributed by atoms with Crippen LogP contribution in [0.2, 0.25) is 0 Å². The predicted molar refractivity (Wildman–Crippen MR) is 99.0 cm³/mol. The van der Waals surface area contributed by atoms with Gasteiger partial charge in [0.1, 0.15) is 11.3 Å². The largest absolute Gasteiger partial charge is 0.495 e. The summed E-state index contributed by atoms with van der Waals surface area (Å²) < 4.78 is 10.8. The molecule has 3 heterocycles. The third-order valence-electron chi connectivity index (χ3n) is 4.38. The lowest BCUT2D eigenvalue weighted by Gasteiger charge is -2.36. The molecule has 0 aliphatic carbocycles. The van der Waals surface area contributed by atoms with E-state index in [1.807, 2.05) is 37.1 Å². The molecule has 1 aliphatic rings. The molecule has 0 spiro atoms. The Morgan fingerprint density at radius 2 is 1.96 bits per heavy atom. The van der Waals surface area contributed by atoms with Gasteiger partial charge in [-0.3, -0.25) is 9.78 Å². The SMILES string of the molecule is CCOc1nc(C)ccc1C(=O)N1CCN(c2cncc(OC)c2)CC1. The van der Waals surface area contributed by atoms with E-state index in [2.05, 4.69) is 14.9 Å². The first-order valence-electron chi connectivity index (χ1n) is 8.76. The first-order chi connectivity index (χ1) is 12.6. The number of hydrogen-bond donors (Lipinski definition) is 0. The number of ether oxygens (including phenoxy) is 2. The van der Waals surface area contributed by atoms with Crippen molar-refractivity contribution >= 4 is 11.6 Å². The average molecular weight is 356 g/mol. The summed E-state index contributed by atoms with van der Waals surface area (Å²) in [7, 11) is 1.63. The van der Waals surface area contributed by atoms with E-state index in [0.29, 0.717) is 31.1 Å². The van der Waals surface area contributed by atoms with E-state index in [1.54, 1.807) is 19.4 Å². The maximum absolute atomic E-state index is 12.9. The van der Waals surface area contributed by atoms with Crippen LogP contribution in [0.4, 0.5) is 5.69 Å². The van der Waals surface area contributed by atoms with Crippen LogP contribution in [0.15, 0.2) is 30.6 Å². The van der Waals surface area contributed by atoms with Crippen LogP contribution in [-0.4, -0.2) is 60.7 Å². The molecule has 2 aromatic rings. The van der Waals surface area contributed by atoms with E-state index < -0.39 is 0 Å². The highest BCUT2D eigenvalue weighted by molar-refractivity contribution is 5.96. The monoisotopic (exact) mass is 356 g/mol. The van der Waals surface area contributed by atoms with Gasteiger partial charge in [0.2, 0.25) is 5.88 Å². The Morgan fingerprint density at radius 1 is 1.19 bits per heavy atom. The molecule has 1 fully saturated rings. The maximum Gasteiger partial charge on any atom is 0.259 e. The molecule has 0 unspecified atom stereocenters. The molecule has 1 amide bonds. The van der Waals surface area contributed by atoms with Crippen molar-refractivity contribution in [3.8, 4) is 11.6 Å². The third kappa shape index (κ3) is 3.87. The molecule has 0 saturated carbocycles. The Balaban J connectivity index is 1.69. The number of pyridine rings is 2. The zero-order valence-corrected chi connectivity index (χ0v) is 15.4. The number of carbonyl (C=O) groups is 1. The highest BCUT2D eigenvalue weighted by atomic mass is 16.5. The second kappa shape index (κ2) is 8.03. The molecule has 7 nitrogen and oxygen atoms in total. The van der Waals surface area contributed by atoms with E-state index in [4.69, 9.17) is 9.47 Å². The van der Waals surface area contributed by atoms with Crippen molar-refractivity contribution in [2.24, 2.45) is 0 Å². The average Bonchev–Trinajstić information content (AvgIpc) is 2.68. The number of anilines is 1. The number of piperazine rings is 1. The van der Waals surface area contributed by atoms with Crippen molar-refractivity contribution in [2.45, 2.75) is 13.8 Å². The van der Waals surface area contributed by atoms with E-state index in [-0.39, 0.29) is 5.91 Å². The van der Waals surface area contributed by atoms with Crippen LogP contribution >= 0.6 is 0 Å². The number of nitrogens with zero attached hydrogens (tertiary/aromatic N) is 4.